The highest BCUT2D eigenvalue weighted by molar-refractivity contribution is 5.94. The van der Waals surface area contributed by atoms with Gasteiger partial charge in [0.2, 0.25) is 5.91 Å². The molecule has 3 N–H and O–H groups in total. The molecule has 3 amide bonds. The molecule has 4 aliphatic carbocycles. The van der Waals surface area contributed by atoms with Gasteiger partial charge in [-0.1, -0.05) is 0 Å². The van der Waals surface area contributed by atoms with Crippen molar-refractivity contribution < 1.29 is 18.8 Å². The summed E-state index contributed by atoms with van der Waals surface area (Å²) in [7, 11) is 0. The first kappa shape index (κ1) is 17.1. The van der Waals surface area contributed by atoms with Crippen LogP contribution in [-0.4, -0.2) is 23.8 Å². The number of rotatable bonds is 4. The molecule has 5 rings (SSSR count). The molecule has 140 valence electrons. The van der Waals surface area contributed by atoms with E-state index in [4.69, 9.17) is 4.42 Å². The molecule has 4 bridgehead atoms. The number of hydrazine groups is 1. The third kappa shape index (κ3) is 3.10. The number of amides is 3. The fourth-order valence-electron chi connectivity index (χ4n) is 5.50. The van der Waals surface area contributed by atoms with Crippen LogP contribution in [0.2, 0.25) is 0 Å². The summed E-state index contributed by atoms with van der Waals surface area (Å²) in [6.07, 6.45) is 8.03. The van der Waals surface area contributed by atoms with Crippen molar-refractivity contribution in [3.8, 4) is 0 Å². The Morgan fingerprint density at radius 3 is 2.23 bits per heavy atom. The molecule has 1 aromatic rings. The molecule has 7 heteroatoms. The highest BCUT2D eigenvalue weighted by atomic mass is 16.3. The van der Waals surface area contributed by atoms with Gasteiger partial charge in [0, 0.05) is 5.41 Å². The fraction of sp³-hybridized carbons (Fsp3) is 0.632. The number of hydrogen-bond donors (Lipinski definition) is 3. The van der Waals surface area contributed by atoms with E-state index in [1.165, 1.54) is 31.6 Å². The summed E-state index contributed by atoms with van der Waals surface area (Å²) in [5, 5.41) is 2.87. The van der Waals surface area contributed by atoms with Crippen molar-refractivity contribution in [2.24, 2.45) is 23.2 Å². The van der Waals surface area contributed by atoms with Gasteiger partial charge in [-0.2, -0.15) is 0 Å². The smallest absolute Gasteiger partial charge is 0.305 e. The molecule has 0 spiro atoms. The second-order valence-corrected chi connectivity index (χ2v) is 8.31. The van der Waals surface area contributed by atoms with Crippen LogP contribution < -0.4 is 16.2 Å². The van der Waals surface area contributed by atoms with E-state index in [9.17, 15) is 14.4 Å². The van der Waals surface area contributed by atoms with E-state index in [0.29, 0.717) is 17.8 Å². The standard InChI is InChI=1S/C19H25N3O4/c1-11(16(23)21-22-17(24)15-3-2-4-26-15)20-18(25)19-8-12-5-13(9-19)7-14(6-12)10-19/h2-4,11-14H,5-10H2,1H3,(H,20,25)(H,21,23)(H,22,24)/t11-,12?,13?,14?,19?/m0/s1. The van der Waals surface area contributed by atoms with E-state index in [2.05, 4.69) is 16.2 Å². The van der Waals surface area contributed by atoms with E-state index in [1.807, 2.05) is 0 Å². The third-order valence-electron chi connectivity index (χ3n) is 6.30. The highest BCUT2D eigenvalue weighted by Gasteiger charge is 2.54. The van der Waals surface area contributed by atoms with Crippen LogP contribution in [0.4, 0.5) is 0 Å². The minimum Gasteiger partial charge on any atom is -0.459 e. The van der Waals surface area contributed by atoms with Crippen molar-refractivity contribution in [2.45, 2.75) is 51.5 Å². The molecule has 4 aliphatic rings. The van der Waals surface area contributed by atoms with Crippen LogP contribution in [0.5, 0.6) is 0 Å². The minimum absolute atomic E-state index is 0.00314. The van der Waals surface area contributed by atoms with E-state index < -0.39 is 17.9 Å². The Kier molecular flexibility index (Phi) is 4.25. The Labute approximate surface area is 152 Å². The molecule has 4 fully saturated rings. The second-order valence-electron chi connectivity index (χ2n) is 8.31. The lowest BCUT2D eigenvalue weighted by molar-refractivity contribution is -0.148. The zero-order valence-electron chi connectivity index (χ0n) is 14.9. The normalized spacial score (nSPS) is 32.7. The van der Waals surface area contributed by atoms with Gasteiger partial charge in [0.15, 0.2) is 5.76 Å². The van der Waals surface area contributed by atoms with E-state index in [0.717, 1.165) is 19.3 Å². The van der Waals surface area contributed by atoms with Crippen LogP contribution in [0, 0.1) is 23.2 Å². The fourth-order valence-corrected chi connectivity index (χ4v) is 5.50. The van der Waals surface area contributed by atoms with Crippen molar-refractivity contribution >= 4 is 17.7 Å². The number of nitrogens with one attached hydrogen (secondary N) is 3. The highest BCUT2D eigenvalue weighted by Crippen LogP contribution is 2.60. The maximum Gasteiger partial charge on any atom is 0.305 e. The van der Waals surface area contributed by atoms with Gasteiger partial charge in [0.1, 0.15) is 6.04 Å². The molecule has 26 heavy (non-hydrogen) atoms. The summed E-state index contributed by atoms with van der Waals surface area (Å²) < 4.78 is 4.96. The Balaban J connectivity index is 1.31. The van der Waals surface area contributed by atoms with Crippen molar-refractivity contribution in [1.29, 1.82) is 0 Å². The van der Waals surface area contributed by atoms with Crippen molar-refractivity contribution in [2.75, 3.05) is 0 Å². The summed E-state index contributed by atoms with van der Waals surface area (Å²) in [6, 6.07) is 2.37. The summed E-state index contributed by atoms with van der Waals surface area (Å²) in [5.41, 5.74) is 4.34. The average Bonchev–Trinajstić information content (AvgIpc) is 3.12. The molecule has 1 heterocycles. The van der Waals surface area contributed by atoms with E-state index in [1.54, 1.807) is 13.0 Å². The summed E-state index contributed by atoms with van der Waals surface area (Å²) in [4.78, 5) is 36.9. The SMILES string of the molecule is C[C@H](NC(=O)C12CC3CC(CC(C3)C1)C2)C(=O)NNC(=O)c1ccco1. The zero-order valence-corrected chi connectivity index (χ0v) is 14.9. The predicted molar refractivity (Wildman–Crippen MR) is 92.5 cm³/mol. The molecule has 0 aliphatic heterocycles. The lowest BCUT2D eigenvalue weighted by atomic mass is 9.49. The first-order chi connectivity index (χ1) is 12.4. The maximum atomic E-state index is 12.9. The van der Waals surface area contributed by atoms with Gasteiger partial charge < -0.3 is 9.73 Å². The third-order valence-corrected chi connectivity index (χ3v) is 6.30. The molecule has 7 nitrogen and oxygen atoms in total. The molecule has 0 saturated heterocycles. The maximum absolute atomic E-state index is 12.9. The Hall–Kier alpha value is -2.31. The van der Waals surface area contributed by atoms with Gasteiger partial charge in [-0.15, -0.1) is 0 Å². The van der Waals surface area contributed by atoms with Gasteiger partial charge in [-0.25, -0.2) is 0 Å². The van der Waals surface area contributed by atoms with E-state index in [-0.39, 0.29) is 17.1 Å². The van der Waals surface area contributed by atoms with Crippen LogP contribution in [0.3, 0.4) is 0 Å². The van der Waals surface area contributed by atoms with Gasteiger partial charge in [-0.05, 0) is 75.3 Å². The van der Waals surface area contributed by atoms with Gasteiger partial charge in [0.05, 0.1) is 6.26 Å². The first-order valence-electron chi connectivity index (χ1n) is 9.40. The van der Waals surface area contributed by atoms with Crippen LogP contribution in [-0.2, 0) is 9.59 Å². The molecule has 0 radical (unpaired) electrons. The number of carbonyl (C=O) groups excluding carboxylic acids is 3. The number of carbonyl (C=O) groups is 3. The monoisotopic (exact) mass is 359 g/mol. The largest absolute Gasteiger partial charge is 0.459 e. The lowest BCUT2D eigenvalue weighted by Crippen LogP contribution is -2.57. The Morgan fingerprint density at radius 1 is 1.08 bits per heavy atom. The van der Waals surface area contributed by atoms with Crippen LogP contribution in [0.1, 0.15) is 56.0 Å². The first-order valence-corrected chi connectivity index (χ1v) is 9.40. The van der Waals surface area contributed by atoms with Crippen LogP contribution in [0.15, 0.2) is 22.8 Å². The lowest BCUT2D eigenvalue weighted by Gasteiger charge is -2.55. The summed E-state index contributed by atoms with van der Waals surface area (Å²) in [6.45, 7) is 1.63. The second kappa shape index (κ2) is 6.45. The van der Waals surface area contributed by atoms with Gasteiger partial charge in [-0.3, -0.25) is 25.2 Å². The molecule has 1 aromatic heterocycles. The molecule has 0 aromatic carbocycles. The topological polar surface area (TPSA) is 100 Å². The Morgan fingerprint density at radius 2 is 1.69 bits per heavy atom. The van der Waals surface area contributed by atoms with Crippen molar-refractivity contribution in [3.63, 3.8) is 0 Å². The minimum atomic E-state index is -0.715. The van der Waals surface area contributed by atoms with Gasteiger partial charge in [0.25, 0.3) is 5.91 Å². The quantitative estimate of drug-likeness (QED) is 0.713. The zero-order chi connectivity index (χ0) is 18.3. The predicted octanol–water partition coefficient (Wildman–Crippen LogP) is 1.76. The molecular formula is C19H25N3O4. The molecule has 1 atom stereocenters. The average molecular weight is 359 g/mol. The van der Waals surface area contributed by atoms with E-state index >= 15 is 0 Å². The Bertz CT molecular complexity index is 677. The summed E-state index contributed by atoms with van der Waals surface area (Å²) >= 11 is 0. The van der Waals surface area contributed by atoms with Crippen LogP contribution >= 0.6 is 0 Å². The molecule has 0 unspecified atom stereocenters. The number of hydrogen-bond acceptors (Lipinski definition) is 4. The molecular weight excluding hydrogens is 334 g/mol. The molecule has 4 saturated carbocycles. The van der Waals surface area contributed by atoms with Gasteiger partial charge >= 0.3 is 5.91 Å². The number of furan rings is 1. The van der Waals surface area contributed by atoms with Crippen molar-refractivity contribution in [1.82, 2.24) is 16.2 Å². The summed E-state index contributed by atoms with van der Waals surface area (Å²) in [5.74, 6) is 1.12. The van der Waals surface area contributed by atoms with Crippen molar-refractivity contribution in [3.05, 3.63) is 24.2 Å². The van der Waals surface area contributed by atoms with Crippen LogP contribution in [0.25, 0.3) is 0 Å².